The van der Waals surface area contributed by atoms with Gasteiger partial charge in [0.1, 0.15) is 11.6 Å². The highest BCUT2D eigenvalue weighted by molar-refractivity contribution is 5.43. The topological polar surface area (TPSA) is 57.4 Å². The first-order chi connectivity index (χ1) is 13.4. The van der Waals surface area contributed by atoms with Crippen LogP contribution in [0.3, 0.4) is 0 Å². The van der Waals surface area contributed by atoms with Gasteiger partial charge in [0.15, 0.2) is 0 Å². The Hall–Kier alpha value is -2.34. The maximum Gasteiger partial charge on any atom is 0.224 e. The number of nitrogens with one attached hydrogen (secondary N) is 1. The highest BCUT2D eigenvalue weighted by Gasteiger charge is 2.22. The number of likely N-dealkylation sites (tertiary alicyclic amines) is 1. The van der Waals surface area contributed by atoms with Gasteiger partial charge >= 0.3 is 0 Å². The minimum atomic E-state index is 0.404. The molecule has 0 spiro atoms. The second kappa shape index (κ2) is 9.04. The van der Waals surface area contributed by atoms with E-state index in [1.165, 1.54) is 25.7 Å². The number of aromatic nitrogens is 2. The van der Waals surface area contributed by atoms with Crippen molar-refractivity contribution in [2.24, 2.45) is 0 Å². The van der Waals surface area contributed by atoms with E-state index in [0.29, 0.717) is 6.04 Å². The fourth-order valence-corrected chi connectivity index (χ4v) is 3.90. The van der Waals surface area contributed by atoms with Crippen LogP contribution in [-0.2, 0) is 0 Å². The summed E-state index contributed by atoms with van der Waals surface area (Å²) in [6.07, 6.45) is 14.1. The zero-order valence-electron chi connectivity index (χ0n) is 15.9. The van der Waals surface area contributed by atoms with Crippen molar-refractivity contribution >= 4 is 17.8 Å². The average molecular weight is 367 g/mol. The van der Waals surface area contributed by atoms with E-state index >= 15 is 0 Å². The first-order valence-corrected chi connectivity index (χ1v) is 10.1. The molecule has 6 nitrogen and oxygen atoms in total. The fourth-order valence-electron chi connectivity index (χ4n) is 3.90. The summed E-state index contributed by atoms with van der Waals surface area (Å²) in [6.45, 7) is 5.25. The molecule has 1 unspecified atom stereocenters. The van der Waals surface area contributed by atoms with Crippen molar-refractivity contribution in [1.29, 1.82) is 0 Å². The first kappa shape index (κ1) is 18.0. The zero-order chi connectivity index (χ0) is 18.3. The third-order valence-electron chi connectivity index (χ3n) is 5.37. The summed E-state index contributed by atoms with van der Waals surface area (Å²) < 4.78 is 5.33. The Bertz CT molecular complexity index is 722. The molecule has 0 bridgehead atoms. The van der Waals surface area contributed by atoms with Crippen molar-refractivity contribution < 1.29 is 4.42 Å². The maximum atomic E-state index is 5.33. The molecule has 2 aromatic rings. The summed E-state index contributed by atoms with van der Waals surface area (Å²) in [6, 6.07) is 6.33. The Morgan fingerprint density at radius 1 is 1.15 bits per heavy atom. The molecule has 1 atom stereocenters. The summed E-state index contributed by atoms with van der Waals surface area (Å²) in [7, 11) is 0. The third kappa shape index (κ3) is 5.10. The van der Waals surface area contributed by atoms with Crippen LogP contribution >= 0.6 is 0 Å². The van der Waals surface area contributed by atoms with Crippen LogP contribution in [0, 0.1) is 0 Å². The van der Waals surface area contributed by atoms with Gasteiger partial charge in [-0.15, -0.1) is 0 Å². The van der Waals surface area contributed by atoms with E-state index in [-0.39, 0.29) is 0 Å². The molecule has 1 N–H and O–H groups in total. The van der Waals surface area contributed by atoms with Crippen molar-refractivity contribution in [3.8, 4) is 0 Å². The second-order valence-corrected chi connectivity index (χ2v) is 7.45. The molecule has 27 heavy (non-hydrogen) atoms. The van der Waals surface area contributed by atoms with E-state index in [1.807, 2.05) is 30.5 Å². The molecule has 2 saturated heterocycles. The Kier molecular flexibility index (Phi) is 6.04. The Balaban J connectivity index is 1.28. The van der Waals surface area contributed by atoms with Gasteiger partial charge in [0, 0.05) is 45.0 Å². The van der Waals surface area contributed by atoms with E-state index in [4.69, 9.17) is 9.40 Å². The lowest BCUT2D eigenvalue weighted by molar-refractivity contribution is 0.374. The van der Waals surface area contributed by atoms with Crippen LogP contribution in [0.2, 0.25) is 0 Å². The van der Waals surface area contributed by atoms with Gasteiger partial charge in [0.25, 0.3) is 0 Å². The van der Waals surface area contributed by atoms with Gasteiger partial charge in [-0.25, -0.2) is 4.98 Å². The Morgan fingerprint density at radius 3 is 2.85 bits per heavy atom. The van der Waals surface area contributed by atoms with Crippen LogP contribution in [0.15, 0.2) is 41.2 Å². The number of hydrogen-bond acceptors (Lipinski definition) is 6. The van der Waals surface area contributed by atoms with E-state index in [0.717, 1.165) is 56.7 Å². The van der Waals surface area contributed by atoms with E-state index in [1.54, 1.807) is 6.26 Å². The molecule has 4 rings (SSSR count). The predicted octanol–water partition coefficient (Wildman–Crippen LogP) is 3.65. The predicted molar refractivity (Wildman–Crippen MR) is 109 cm³/mol. The zero-order valence-corrected chi connectivity index (χ0v) is 15.9. The van der Waals surface area contributed by atoms with Crippen molar-refractivity contribution in [1.82, 2.24) is 14.9 Å². The van der Waals surface area contributed by atoms with Crippen molar-refractivity contribution in [3.63, 3.8) is 0 Å². The van der Waals surface area contributed by atoms with Crippen LogP contribution < -0.4 is 10.2 Å². The van der Waals surface area contributed by atoms with Gasteiger partial charge in [-0.2, -0.15) is 4.98 Å². The molecule has 2 fully saturated rings. The number of anilines is 2. The SMILES string of the molecule is C(=Cc1ccco1)CN1CCC(Nc2nccc(N3CCCCCC3)n2)C1. The Labute approximate surface area is 161 Å². The van der Waals surface area contributed by atoms with E-state index < -0.39 is 0 Å². The molecule has 6 heteroatoms. The second-order valence-electron chi connectivity index (χ2n) is 7.45. The van der Waals surface area contributed by atoms with Crippen LogP contribution in [-0.4, -0.2) is 53.6 Å². The molecular weight excluding hydrogens is 338 g/mol. The monoisotopic (exact) mass is 367 g/mol. The highest BCUT2D eigenvalue weighted by atomic mass is 16.3. The van der Waals surface area contributed by atoms with Crippen molar-refractivity contribution in [3.05, 3.63) is 42.5 Å². The summed E-state index contributed by atoms with van der Waals surface area (Å²) in [5.41, 5.74) is 0. The molecule has 2 aliphatic heterocycles. The van der Waals surface area contributed by atoms with Gasteiger partial charge in [-0.1, -0.05) is 18.9 Å². The highest BCUT2D eigenvalue weighted by Crippen LogP contribution is 2.19. The summed E-state index contributed by atoms with van der Waals surface area (Å²) in [4.78, 5) is 14.1. The van der Waals surface area contributed by atoms with Gasteiger partial charge in [-0.05, 0) is 43.5 Å². The third-order valence-corrected chi connectivity index (χ3v) is 5.37. The molecule has 0 amide bonds. The minimum Gasteiger partial charge on any atom is -0.465 e. The largest absolute Gasteiger partial charge is 0.465 e. The lowest BCUT2D eigenvalue weighted by atomic mass is 10.2. The molecule has 4 heterocycles. The summed E-state index contributed by atoms with van der Waals surface area (Å²) in [5.74, 6) is 2.72. The van der Waals surface area contributed by atoms with Crippen LogP contribution in [0.4, 0.5) is 11.8 Å². The molecular formula is C21H29N5O. The molecule has 0 aliphatic carbocycles. The number of rotatable bonds is 6. The van der Waals surface area contributed by atoms with Gasteiger partial charge in [0.05, 0.1) is 6.26 Å². The summed E-state index contributed by atoms with van der Waals surface area (Å²) in [5, 5.41) is 3.54. The lowest BCUT2D eigenvalue weighted by Gasteiger charge is -2.22. The van der Waals surface area contributed by atoms with E-state index in [2.05, 4.69) is 26.2 Å². The standard InChI is InChI=1S/C21H29N5O/c1-2-4-14-26(13-3-1)20-9-11-22-21(24-20)23-18-10-15-25(17-18)12-5-7-19-8-6-16-27-19/h5-9,11,16,18H,1-4,10,12-15,17H2,(H,22,23,24). The van der Waals surface area contributed by atoms with Gasteiger partial charge in [-0.3, -0.25) is 4.90 Å². The lowest BCUT2D eigenvalue weighted by Crippen LogP contribution is -2.28. The van der Waals surface area contributed by atoms with Crippen molar-refractivity contribution in [2.45, 2.75) is 38.1 Å². The van der Waals surface area contributed by atoms with Gasteiger partial charge < -0.3 is 14.6 Å². The number of furan rings is 1. The molecule has 0 saturated carbocycles. The quantitative estimate of drug-likeness (QED) is 0.841. The molecule has 144 valence electrons. The normalized spacial score (nSPS) is 21.6. The first-order valence-electron chi connectivity index (χ1n) is 10.1. The van der Waals surface area contributed by atoms with Crippen molar-refractivity contribution in [2.75, 3.05) is 42.9 Å². The summed E-state index contributed by atoms with van der Waals surface area (Å²) >= 11 is 0. The van der Waals surface area contributed by atoms with Crippen LogP contribution in [0.5, 0.6) is 0 Å². The molecule has 2 aliphatic rings. The number of hydrogen-bond donors (Lipinski definition) is 1. The fraction of sp³-hybridized carbons (Fsp3) is 0.524. The van der Waals surface area contributed by atoms with Crippen LogP contribution in [0.25, 0.3) is 6.08 Å². The molecule has 2 aromatic heterocycles. The Morgan fingerprint density at radius 2 is 2.04 bits per heavy atom. The minimum absolute atomic E-state index is 0.404. The number of nitrogens with zero attached hydrogens (tertiary/aromatic N) is 4. The smallest absolute Gasteiger partial charge is 0.224 e. The molecule has 0 aromatic carbocycles. The van der Waals surface area contributed by atoms with Crippen LogP contribution in [0.1, 0.15) is 37.9 Å². The van der Waals surface area contributed by atoms with Gasteiger partial charge in [0.2, 0.25) is 5.95 Å². The average Bonchev–Trinajstić information content (AvgIpc) is 3.28. The maximum absolute atomic E-state index is 5.33. The van der Waals surface area contributed by atoms with E-state index in [9.17, 15) is 0 Å². The molecule has 0 radical (unpaired) electrons.